The molecular formula is C18H14F7N4O2P. The zero-order chi connectivity index (χ0) is 24.0. The number of nitrogens with zero attached hydrogens (tertiary/aromatic N) is 4. The normalized spacial score (nSPS) is 12.5. The SMILES string of the molecule is Cn1nc(C(C)(F)F)c(OC(F)F)c1-n1cc(-c2ccc(C(F)(F)F)c(C(=O)P)c2)cn1. The number of hydrogen-bond donors (Lipinski definition) is 0. The van der Waals surface area contributed by atoms with Crippen molar-refractivity contribution in [2.24, 2.45) is 7.05 Å². The standard InChI is InChI=1S/C18H14F7N4O2P/c1-17(21,22)13-12(31-16(19)20)14(28(2)27-13)29-7-9(6-26-29)8-3-4-11(18(23,24)25)10(5-8)15(30)32/h3-7,16H,32H2,1-2H3. The highest BCUT2D eigenvalue weighted by Gasteiger charge is 2.37. The van der Waals surface area contributed by atoms with Crippen LogP contribution in [0.3, 0.4) is 0 Å². The Hall–Kier alpha value is -2.95. The number of carbonyl (C=O) groups is 1. The largest absolute Gasteiger partial charge is 0.428 e. The average Bonchev–Trinajstić information content (AvgIpc) is 3.24. The molecular weight excluding hydrogens is 468 g/mol. The van der Waals surface area contributed by atoms with Gasteiger partial charge in [-0.15, -0.1) is 0 Å². The maximum absolute atomic E-state index is 13.8. The number of aromatic nitrogens is 4. The highest BCUT2D eigenvalue weighted by Crippen LogP contribution is 2.39. The Morgan fingerprint density at radius 2 is 1.81 bits per heavy atom. The van der Waals surface area contributed by atoms with Crippen LogP contribution in [0.15, 0.2) is 30.6 Å². The molecule has 6 nitrogen and oxygen atoms in total. The van der Waals surface area contributed by atoms with Crippen molar-refractivity contribution in [1.29, 1.82) is 0 Å². The van der Waals surface area contributed by atoms with Gasteiger partial charge >= 0.3 is 12.8 Å². The van der Waals surface area contributed by atoms with Crippen LogP contribution < -0.4 is 4.74 Å². The van der Waals surface area contributed by atoms with Gasteiger partial charge in [-0.3, -0.25) is 4.79 Å². The summed E-state index contributed by atoms with van der Waals surface area (Å²) in [6, 6.07) is 2.80. The van der Waals surface area contributed by atoms with Gasteiger partial charge in [0.25, 0.3) is 5.92 Å². The van der Waals surface area contributed by atoms with Gasteiger partial charge in [-0.25, -0.2) is 9.36 Å². The van der Waals surface area contributed by atoms with Crippen LogP contribution in [0.5, 0.6) is 5.75 Å². The number of rotatable bonds is 6. The third-order valence-corrected chi connectivity index (χ3v) is 4.63. The first kappa shape index (κ1) is 23.7. The number of halogens is 7. The van der Waals surface area contributed by atoms with Crippen molar-refractivity contribution in [3.63, 3.8) is 0 Å². The minimum Gasteiger partial charge on any atom is -0.428 e. The molecule has 1 unspecified atom stereocenters. The van der Waals surface area contributed by atoms with Crippen molar-refractivity contribution >= 4 is 14.8 Å². The van der Waals surface area contributed by atoms with Crippen LogP contribution in [0.25, 0.3) is 16.9 Å². The second-order valence-corrected chi connectivity index (χ2v) is 7.21. The van der Waals surface area contributed by atoms with Gasteiger partial charge in [-0.1, -0.05) is 15.3 Å². The van der Waals surface area contributed by atoms with Crippen LogP contribution >= 0.6 is 9.24 Å². The molecule has 0 spiro atoms. The second-order valence-electron chi connectivity index (χ2n) is 6.69. The fourth-order valence-electron chi connectivity index (χ4n) is 3.00. The van der Waals surface area contributed by atoms with Crippen LogP contribution in [0.4, 0.5) is 30.7 Å². The smallest absolute Gasteiger partial charge is 0.417 e. The maximum atomic E-state index is 13.8. The Morgan fingerprint density at radius 3 is 2.34 bits per heavy atom. The number of benzene rings is 1. The molecule has 1 atom stereocenters. The van der Waals surface area contributed by atoms with Gasteiger partial charge in [-0.2, -0.15) is 40.9 Å². The summed E-state index contributed by atoms with van der Waals surface area (Å²) < 4.78 is 98.8. The predicted octanol–water partition coefficient (Wildman–Crippen LogP) is 5.02. The summed E-state index contributed by atoms with van der Waals surface area (Å²) in [6.07, 6.45) is -2.42. The average molecular weight is 482 g/mol. The van der Waals surface area contributed by atoms with Gasteiger partial charge in [0.15, 0.2) is 22.8 Å². The lowest BCUT2D eigenvalue weighted by atomic mass is 10.0. The lowest BCUT2D eigenvalue weighted by Gasteiger charge is -2.12. The van der Waals surface area contributed by atoms with Crippen LogP contribution in [-0.4, -0.2) is 31.7 Å². The molecule has 2 aromatic heterocycles. The van der Waals surface area contributed by atoms with Gasteiger partial charge in [0.2, 0.25) is 0 Å². The Labute approximate surface area is 178 Å². The van der Waals surface area contributed by atoms with Crippen LogP contribution in [-0.2, 0) is 19.1 Å². The fraction of sp³-hybridized carbons (Fsp3) is 0.278. The molecule has 172 valence electrons. The summed E-state index contributed by atoms with van der Waals surface area (Å²) >= 11 is 0. The number of ether oxygens (including phenoxy) is 1. The molecule has 0 amide bonds. The Kier molecular flexibility index (Phi) is 6.07. The highest BCUT2D eigenvalue weighted by atomic mass is 31.0. The summed E-state index contributed by atoms with van der Waals surface area (Å²) in [6.45, 7) is -2.98. The number of aryl methyl sites for hydroxylation is 1. The van der Waals surface area contributed by atoms with Gasteiger partial charge in [-0.05, 0) is 17.7 Å². The zero-order valence-electron chi connectivity index (χ0n) is 16.3. The predicted molar refractivity (Wildman–Crippen MR) is 101 cm³/mol. The first-order valence-corrected chi connectivity index (χ1v) is 9.24. The van der Waals surface area contributed by atoms with Crippen LogP contribution in [0.2, 0.25) is 0 Å². The summed E-state index contributed by atoms with van der Waals surface area (Å²) in [4.78, 5) is 11.7. The van der Waals surface area contributed by atoms with Gasteiger partial charge in [0.1, 0.15) is 0 Å². The molecule has 0 saturated carbocycles. The molecule has 0 bridgehead atoms. The second kappa shape index (κ2) is 8.19. The lowest BCUT2D eigenvalue weighted by molar-refractivity contribution is -0.137. The third kappa shape index (κ3) is 4.62. The van der Waals surface area contributed by atoms with Crippen molar-refractivity contribution in [3.05, 3.63) is 47.4 Å². The number of carbonyl (C=O) groups excluding carboxylic acids is 1. The van der Waals surface area contributed by atoms with Crippen LogP contribution in [0, 0.1) is 0 Å². The first-order chi connectivity index (χ1) is 14.7. The van der Waals surface area contributed by atoms with E-state index in [0.717, 1.165) is 33.8 Å². The van der Waals surface area contributed by atoms with Crippen molar-refractivity contribution in [1.82, 2.24) is 19.6 Å². The Morgan fingerprint density at radius 1 is 1.16 bits per heavy atom. The molecule has 2 heterocycles. The van der Waals surface area contributed by atoms with Crippen molar-refractivity contribution < 1.29 is 40.3 Å². The Bertz CT molecular complexity index is 1170. The molecule has 0 aliphatic carbocycles. The van der Waals surface area contributed by atoms with E-state index in [1.807, 2.05) is 0 Å². The van der Waals surface area contributed by atoms with Gasteiger partial charge < -0.3 is 4.74 Å². The molecule has 0 radical (unpaired) electrons. The molecule has 0 aliphatic heterocycles. The monoisotopic (exact) mass is 482 g/mol. The van der Waals surface area contributed by atoms with E-state index in [9.17, 15) is 35.5 Å². The van der Waals surface area contributed by atoms with E-state index in [2.05, 4.69) is 14.9 Å². The number of alkyl halides is 7. The van der Waals surface area contributed by atoms with E-state index in [1.165, 1.54) is 13.2 Å². The van der Waals surface area contributed by atoms with Crippen molar-refractivity contribution in [2.45, 2.75) is 25.6 Å². The van der Waals surface area contributed by atoms with Crippen molar-refractivity contribution in [3.8, 4) is 22.7 Å². The minimum atomic E-state index is -4.76. The topological polar surface area (TPSA) is 61.9 Å². The van der Waals surface area contributed by atoms with Gasteiger partial charge in [0, 0.05) is 31.3 Å². The van der Waals surface area contributed by atoms with Crippen molar-refractivity contribution in [2.75, 3.05) is 0 Å². The highest BCUT2D eigenvalue weighted by molar-refractivity contribution is 7.41. The zero-order valence-corrected chi connectivity index (χ0v) is 17.4. The molecule has 3 aromatic rings. The summed E-state index contributed by atoms with van der Waals surface area (Å²) in [7, 11) is 2.86. The van der Waals surface area contributed by atoms with E-state index in [0.29, 0.717) is 6.92 Å². The molecule has 0 aliphatic rings. The van der Waals surface area contributed by atoms with E-state index in [1.54, 1.807) is 9.24 Å². The quantitative estimate of drug-likeness (QED) is 0.366. The van der Waals surface area contributed by atoms with E-state index in [4.69, 9.17) is 0 Å². The van der Waals surface area contributed by atoms with E-state index >= 15 is 0 Å². The summed E-state index contributed by atoms with van der Waals surface area (Å²) in [5.74, 6) is -4.88. The fourth-order valence-corrected chi connectivity index (χ4v) is 3.23. The number of hydrogen-bond acceptors (Lipinski definition) is 4. The lowest BCUT2D eigenvalue weighted by Crippen LogP contribution is -2.13. The molecule has 14 heteroatoms. The first-order valence-electron chi connectivity index (χ1n) is 8.66. The van der Waals surface area contributed by atoms with E-state index in [-0.39, 0.29) is 16.9 Å². The van der Waals surface area contributed by atoms with Crippen LogP contribution in [0.1, 0.15) is 28.5 Å². The molecule has 32 heavy (non-hydrogen) atoms. The molecule has 0 N–H and O–H groups in total. The van der Waals surface area contributed by atoms with Gasteiger partial charge in [0.05, 0.1) is 11.8 Å². The third-order valence-electron chi connectivity index (χ3n) is 4.32. The Balaban J connectivity index is 2.12. The molecule has 0 saturated heterocycles. The molecule has 3 rings (SSSR count). The summed E-state index contributed by atoms with van der Waals surface area (Å²) in [5, 5.41) is 7.45. The summed E-state index contributed by atoms with van der Waals surface area (Å²) in [5.41, 5.74) is -3.36. The minimum absolute atomic E-state index is 0.148. The molecule has 0 fully saturated rings. The van der Waals surface area contributed by atoms with E-state index < -0.39 is 46.8 Å². The molecule has 1 aromatic carbocycles. The maximum Gasteiger partial charge on any atom is 0.417 e.